The zero-order valence-corrected chi connectivity index (χ0v) is 14.2. The van der Waals surface area contributed by atoms with E-state index >= 15 is 0 Å². The van der Waals surface area contributed by atoms with E-state index in [2.05, 4.69) is 5.32 Å². The highest BCUT2D eigenvalue weighted by Crippen LogP contribution is 2.37. The third kappa shape index (κ3) is 4.24. The van der Waals surface area contributed by atoms with Gasteiger partial charge < -0.3 is 10.1 Å². The molecule has 0 spiro atoms. The van der Waals surface area contributed by atoms with Gasteiger partial charge in [-0.2, -0.15) is 0 Å². The number of carbonyl (C=O) groups is 1. The molecule has 0 radical (unpaired) electrons. The maximum atomic E-state index is 12.5. The van der Waals surface area contributed by atoms with E-state index in [1.54, 1.807) is 51.2 Å². The lowest BCUT2D eigenvalue weighted by molar-refractivity contribution is -0.167. The van der Waals surface area contributed by atoms with Crippen molar-refractivity contribution in [2.45, 2.75) is 32.2 Å². The molecule has 3 nitrogen and oxygen atoms in total. The fourth-order valence-corrected chi connectivity index (χ4v) is 2.55. The van der Waals surface area contributed by atoms with Gasteiger partial charge in [-0.3, -0.25) is 4.79 Å². The molecule has 0 aliphatic rings. The zero-order valence-electron chi connectivity index (χ0n) is 21.2. The molecule has 2 unspecified atom stereocenters. The van der Waals surface area contributed by atoms with E-state index in [0.29, 0.717) is 5.56 Å². The lowest BCUT2D eigenvalue weighted by atomic mass is 9.77. The second kappa shape index (κ2) is 8.65. The molecule has 2 atom stereocenters. The first-order valence-electron chi connectivity index (χ1n) is 11.5. The molecule has 3 heteroatoms. The fourth-order valence-electron chi connectivity index (χ4n) is 2.55. The molecule has 0 aromatic heterocycles. The molecular formula is C21H27NO2. The second-order valence-electron chi connectivity index (χ2n) is 5.51. The van der Waals surface area contributed by atoms with Crippen molar-refractivity contribution in [3.63, 3.8) is 0 Å². The van der Waals surface area contributed by atoms with Crippen LogP contribution in [0.25, 0.3) is 0 Å². The van der Waals surface area contributed by atoms with Gasteiger partial charge in [0.2, 0.25) is 0 Å². The van der Waals surface area contributed by atoms with Crippen LogP contribution in [0, 0.1) is 5.92 Å². The average Bonchev–Trinajstić information content (AvgIpc) is 2.74. The van der Waals surface area contributed by atoms with Crippen molar-refractivity contribution in [2.75, 3.05) is 13.6 Å². The average molecular weight is 332 g/mol. The van der Waals surface area contributed by atoms with Gasteiger partial charge in [0.15, 0.2) is 0 Å². The summed E-state index contributed by atoms with van der Waals surface area (Å²) in [5, 5.41) is 2.96. The van der Waals surface area contributed by atoms with Gasteiger partial charge in [0.25, 0.3) is 0 Å². The normalized spacial score (nSPS) is 19.4. The number of carbonyl (C=O) groups excluding carboxylic acids is 1. The summed E-state index contributed by atoms with van der Waals surface area (Å²) in [4.78, 5) is 12.5. The molecule has 0 fully saturated rings. The SMILES string of the molecule is [2H]c1c([2H])c([2H])c(C([2H])([2H])C(OC(=O)CC)(c2ccccc2)C(C)CNC)c([2H])c1[2H]. The number of esters is 1. The fraction of sp³-hybridized carbons (Fsp3) is 0.381. The van der Waals surface area contributed by atoms with E-state index in [9.17, 15) is 4.79 Å². The summed E-state index contributed by atoms with van der Waals surface area (Å²) in [6.45, 7) is 3.52. The Balaban J connectivity index is 2.99. The molecule has 24 heavy (non-hydrogen) atoms. The molecule has 0 saturated carbocycles. The van der Waals surface area contributed by atoms with Crippen LogP contribution in [0.5, 0.6) is 0 Å². The largest absolute Gasteiger partial charge is 0.453 e. The molecule has 1 N–H and O–H groups in total. The quantitative estimate of drug-likeness (QED) is 0.744. The van der Waals surface area contributed by atoms with Crippen molar-refractivity contribution in [3.05, 3.63) is 71.7 Å². The minimum Gasteiger partial charge on any atom is -0.453 e. The smallest absolute Gasteiger partial charge is 0.306 e. The van der Waals surface area contributed by atoms with Crippen LogP contribution in [-0.4, -0.2) is 19.6 Å². The van der Waals surface area contributed by atoms with E-state index in [4.69, 9.17) is 14.3 Å². The first-order chi connectivity index (χ1) is 14.5. The van der Waals surface area contributed by atoms with Crippen molar-refractivity contribution in [3.8, 4) is 0 Å². The van der Waals surface area contributed by atoms with E-state index in [1.807, 2.05) is 0 Å². The molecule has 128 valence electrons. The topological polar surface area (TPSA) is 38.3 Å². The Morgan fingerprint density at radius 1 is 1.29 bits per heavy atom. The van der Waals surface area contributed by atoms with Crippen LogP contribution in [-0.2, 0) is 21.5 Å². The zero-order chi connectivity index (χ0) is 23.6. The molecule has 0 aliphatic carbocycles. The lowest BCUT2D eigenvalue weighted by Gasteiger charge is -2.39. The highest BCUT2D eigenvalue weighted by molar-refractivity contribution is 5.69. The molecule has 0 bridgehead atoms. The summed E-state index contributed by atoms with van der Waals surface area (Å²) in [5.74, 6) is -1.33. The molecule has 0 heterocycles. The molecule has 2 rings (SSSR count). The number of nitrogens with one attached hydrogen (secondary N) is 1. The first-order valence-corrected chi connectivity index (χ1v) is 7.96. The maximum absolute atomic E-state index is 12.5. The van der Waals surface area contributed by atoms with Crippen LogP contribution >= 0.6 is 0 Å². The molecule has 2 aromatic rings. The number of rotatable bonds is 8. The third-order valence-corrected chi connectivity index (χ3v) is 3.78. The minimum atomic E-state index is -2.66. The second-order valence-corrected chi connectivity index (χ2v) is 5.51. The summed E-state index contributed by atoms with van der Waals surface area (Å²) in [6, 6.07) is 5.06. The van der Waals surface area contributed by atoms with Crippen molar-refractivity contribution < 1.29 is 19.1 Å². The summed E-state index contributed by atoms with van der Waals surface area (Å²) < 4.78 is 64.6. The van der Waals surface area contributed by atoms with Crippen LogP contribution in [0.3, 0.4) is 0 Å². The summed E-state index contributed by atoms with van der Waals surface area (Å²) in [7, 11) is 1.67. The molecule has 0 saturated heterocycles. The van der Waals surface area contributed by atoms with Crippen LogP contribution in [0.4, 0.5) is 0 Å². The Morgan fingerprint density at radius 3 is 2.54 bits per heavy atom. The number of ether oxygens (including phenoxy) is 1. The summed E-state index contributed by atoms with van der Waals surface area (Å²) in [5.41, 5.74) is -2.18. The standard InChI is InChI=1S/C21H27NO2/c1-4-20(23)24-21(17(2)16-22-3,19-13-9-6-10-14-19)15-18-11-7-5-8-12-18/h5-14,17,22H,4,15-16H2,1-3H3/i5D,7D,8D,11D,12D,15D2. The monoisotopic (exact) mass is 332 g/mol. The van der Waals surface area contributed by atoms with E-state index < -0.39 is 59.6 Å². The summed E-state index contributed by atoms with van der Waals surface area (Å²) >= 11 is 0. The van der Waals surface area contributed by atoms with E-state index in [-0.39, 0.29) is 13.0 Å². The number of hydrogen-bond donors (Lipinski definition) is 1. The Hall–Kier alpha value is -2.13. The van der Waals surface area contributed by atoms with Gasteiger partial charge in [-0.1, -0.05) is 74.4 Å². The van der Waals surface area contributed by atoms with Crippen molar-refractivity contribution >= 4 is 5.97 Å². The predicted octanol–water partition coefficient (Wildman–Crippen LogP) is 3.93. The molecule has 0 amide bonds. The van der Waals surface area contributed by atoms with Gasteiger partial charge in [0.1, 0.15) is 5.60 Å². The van der Waals surface area contributed by atoms with Gasteiger partial charge in [-0.25, -0.2) is 0 Å². The minimum absolute atomic E-state index is 0.0164. The van der Waals surface area contributed by atoms with E-state index in [1.165, 1.54) is 0 Å². The van der Waals surface area contributed by atoms with Gasteiger partial charge in [0, 0.05) is 28.0 Å². The number of hydrogen-bond acceptors (Lipinski definition) is 3. The van der Waals surface area contributed by atoms with Crippen molar-refractivity contribution in [1.82, 2.24) is 5.32 Å². The predicted molar refractivity (Wildman–Crippen MR) is 97.7 cm³/mol. The summed E-state index contributed by atoms with van der Waals surface area (Å²) in [6.07, 6.45) is -2.68. The Morgan fingerprint density at radius 2 is 1.96 bits per heavy atom. The van der Waals surface area contributed by atoms with E-state index in [0.717, 1.165) is 0 Å². The van der Waals surface area contributed by atoms with Crippen molar-refractivity contribution in [2.24, 2.45) is 5.92 Å². The Bertz CT molecular complexity index is 923. The Labute approximate surface area is 154 Å². The highest BCUT2D eigenvalue weighted by atomic mass is 16.6. The van der Waals surface area contributed by atoms with Gasteiger partial charge in [-0.15, -0.1) is 0 Å². The highest BCUT2D eigenvalue weighted by Gasteiger charge is 2.41. The third-order valence-electron chi connectivity index (χ3n) is 3.78. The molecular weight excluding hydrogens is 298 g/mol. The molecule has 0 aliphatic heterocycles. The van der Waals surface area contributed by atoms with Crippen LogP contribution < -0.4 is 5.32 Å². The maximum Gasteiger partial charge on any atom is 0.306 e. The van der Waals surface area contributed by atoms with Crippen molar-refractivity contribution in [1.29, 1.82) is 0 Å². The Kier molecular flexibility index (Phi) is 3.85. The van der Waals surface area contributed by atoms with Crippen LogP contribution in [0.1, 0.15) is 41.0 Å². The first kappa shape index (κ1) is 10.7. The van der Waals surface area contributed by atoms with Gasteiger partial charge in [0.05, 0.1) is 6.85 Å². The van der Waals surface area contributed by atoms with Crippen LogP contribution in [0.15, 0.2) is 60.5 Å². The lowest BCUT2D eigenvalue weighted by Crippen LogP contribution is -2.44. The molecule has 2 aromatic carbocycles. The van der Waals surface area contributed by atoms with Gasteiger partial charge in [-0.05, 0) is 18.2 Å². The number of benzene rings is 2. The van der Waals surface area contributed by atoms with Crippen LogP contribution in [0.2, 0.25) is 0 Å². The van der Waals surface area contributed by atoms with Gasteiger partial charge >= 0.3 is 5.97 Å².